The van der Waals surface area contributed by atoms with E-state index in [4.69, 9.17) is 0 Å². The number of allylic oxidation sites excluding steroid dienone is 10. The molecule has 0 radical (unpaired) electrons. The number of rotatable bonds is 0. The molecule has 0 aliphatic heterocycles. The molecule has 0 aromatic rings. The van der Waals surface area contributed by atoms with Crippen molar-refractivity contribution in [3.8, 4) is 0 Å². The monoisotopic (exact) mass is 172 g/mol. The second kappa shape index (κ2) is 7.35. The molecule has 0 saturated heterocycles. The van der Waals surface area contributed by atoms with Crippen molar-refractivity contribution in [2.24, 2.45) is 0 Å². The van der Waals surface area contributed by atoms with E-state index in [0.717, 1.165) is 0 Å². The molecule has 0 atom stereocenters. The molecule has 0 fully saturated rings. The molecular weight excluding hydrogens is 156 g/mol. The topological polar surface area (TPSA) is 0 Å². The highest BCUT2D eigenvalue weighted by Crippen LogP contribution is 1.99. The van der Waals surface area contributed by atoms with Gasteiger partial charge in [0, 0.05) is 0 Å². The van der Waals surface area contributed by atoms with Gasteiger partial charge in [-0.25, -0.2) is 0 Å². The summed E-state index contributed by atoms with van der Waals surface area (Å²) in [4.78, 5) is 0. The summed E-state index contributed by atoms with van der Waals surface area (Å²) in [6, 6.07) is 0. The lowest BCUT2D eigenvalue weighted by Gasteiger charge is -1.87. The minimum absolute atomic E-state index is 1.17. The second-order valence-corrected chi connectivity index (χ2v) is 2.94. The number of hydrogen-bond donors (Lipinski definition) is 0. The average molecular weight is 172 g/mol. The predicted octanol–water partition coefficient (Wildman–Crippen LogP) is 3.95. The van der Waals surface area contributed by atoms with Crippen molar-refractivity contribution in [2.45, 2.75) is 19.3 Å². The van der Waals surface area contributed by atoms with Crippen molar-refractivity contribution in [1.82, 2.24) is 0 Å². The van der Waals surface area contributed by atoms with Crippen molar-refractivity contribution in [3.63, 3.8) is 0 Å². The Hall–Kier alpha value is -1.30. The van der Waals surface area contributed by atoms with Gasteiger partial charge in [-0.2, -0.15) is 0 Å². The van der Waals surface area contributed by atoms with Gasteiger partial charge in [0.2, 0.25) is 0 Å². The van der Waals surface area contributed by atoms with Gasteiger partial charge < -0.3 is 0 Å². The van der Waals surface area contributed by atoms with E-state index >= 15 is 0 Å². The van der Waals surface area contributed by atoms with Crippen LogP contribution in [0.4, 0.5) is 0 Å². The largest absolute Gasteiger partial charge is 0.0845 e. The van der Waals surface area contributed by atoms with Gasteiger partial charge in [0.05, 0.1) is 0 Å². The smallest absolute Gasteiger partial charge is 0.0345 e. The van der Waals surface area contributed by atoms with Crippen LogP contribution in [0.5, 0.6) is 0 Å². The van der Waals surface area contributed by atoms with Crippen LogP contribution in [0.3, 0.4) is 0 Å². The van der Waals surface area contributed by atoms with Crippen molar-refractivity contribution in [2.75, 3.05) is 0 Å². The first-order valence-electron chi connectivity index (χ1n) is 4.82. The number of hydrogen-bond acceptors (Lipinski definition) is 0. The molecule has 1 rings (SSSR count). The third kappa shape index (κ3) is 5.92. The summed E-state index contributed by atoms with van der Waals surface area (Å²) in [5.74, 6) is 0. The summed E-state index contributed by atoms with van der Waals surface area (Å²) in [5, 5.41) is 0. The lowest BCUT2D eigenvalue weighted by Crippen LogP contribution is -1.67. The van der Waals surface area contributed by atoms with Crippen LogP contribution in [-0.2, 0) is 0 Å². The fourth-order valence-electron chi connectivity index (χ4n) is 1.09. The molecule has 0 nitrogen and oxygen atoms in total. The molecule has 0 spiro atoms. The Labute approximate surface area is 80.7 Å². The highest BCUT2D eigenvalue weighted by molar-refractivity contribution is 5.18. The minimum atomic E-state index is 1.17. The van der Waals surface area contributed by atoms with Crippen molar-refractivity contribution in [3.05, 3.63) is 60.8 Å². The third-order valence-electron chi connectivity index (χ3n) is 1.79. The molecule has 0 bridgehead atoms. The zero-order valence-electron chi connectivity index (χ0n) is 7.89. The highest BCUT2D eigenvalue weighted by atomic mass is 13.8. The second-order valence-electron chi connectivity index (χ2n) is 2.94. The van der Waals surface area contributed by atoms with Gasteiger partial charge in [-0.05, 0) is 19.3 Å². The van der Waals surface area contributed by atoms with E-state index in [0.29, 0.717) is 0 Å². The maximum atomic E-state index is 2.21. The molecular formula is C13H16. The Morgan fingerprint density at radius 3 is 1.31 bits per heavy atom. The quantitative estimate of drug-likeness (QED) is 0.519. The molecule has 0 unspecified atom stereocenters. The van der Waals surface area contributed by atoms with Crippen LogP contribution in [0.1, 0.15) is 19.3 Å². The van der Waals surface area contributed by atoms with Crippen LogP contribution in [0.2, 0.25) is 0 Å². The van der Waals surface area contributed by atoms with Gasteiger partial charge in [0.25, 0.3) is 0 Å². The lowest BCUT2D eigenvalue weighted by atomic mass is 10.2. The van der Waals surface area contributed by atoms with Crippen molar-refractivity contribution < 1.29 is 0 Å². The molecule has 0 saturated carbocycles. The van der Waals surface area contributed by atoms with Gasteiger partial charge in [-0.1, -0.05) is 60.8 Å². The van der Waals surface area contributed by atoms with Crippen LogP contribution < -0.4 is 0 Å². The zero-order chi connectivity index (χ0) is 9.19. The Bertz CT molecular complexity index is 223. The molecule has 0 aromatic carbocycles. The molecule has 1 aliphatic rings. The van der Waals surface area contributed by atoms with Gasteiger partial charge >= 0.3 is 0 Å². The van der Waals surface area contributed by atoms with Gasteiger partial charge in [0.15, 0.2) is 0 Å². The van der Waals surface area contributed by atoms with E-state index in [1.54, 1.807) is 0 Å². The van der Waals surface area contributed by atoms with Crippen LogP contribution in [0.25, 0.3) is 0 Å². The van der Waals surface area contributed by atoms with Crippen LogP contribution in [0.15, 0.2) is 60.8 Å². The fraction of sp³-hybridized carbons (Fsp3) is 0.231. The molecule has 13 heavy (non-hydrogen) atoms. The molecule has 0 aromatic heterocycles. The summed E-state index contributed by atoms with van der Waals surface area (Å²) in [6.45, 7) is 0. The summed E-state index contributed by atoms with van der Waals surface area (Å²) in [6.07, 6.45) is 24.5. The predicted molar refractivity (Wildman–Crippen MR) is 59.6 cm³/mol. The normalized spacial score (nSPS) is 25.2. The molecule has 0 heterocycles. The maximum absolute atomic E-state index is 2.21. The van der Waals surface area contributed by atoms with Gasteiger partial charge in [0.1, 0.15) is 0 Å². The summed E-state index contributed by atoms with van der Waals surface area (Å²) >= 11 is 0. The third-order valence-corrected chi connectivity index (χ3v) is 1.79. The SMILES string of the molecule is C1=C/C=C/C=C/CCC/C=C/C=C1. The molecule has 0 N–H and O–H groups in total. The fourth-order valence-corrected chi connectivity index (χ4v) is 1.09. The average Bonchev–Trinajstić information content (AvgIpc) is 2.18. The van der Waals surface area contributed by atoms with Gasteiger partial charge in [-0.15, -0.1) is 0 Å². The van der Waals surface area contributed by atoms with Crippen LogP contribution in [-0.4, -0.2) is 0 Å². The van der Waals surface area contributed by atoms with E-state index in [2.05, 4.69) is 36.5 Å². The van der Waals surface area contributed by atoms with Crippen molar-refractivity contribution >= 4 is 0 Å². The van der Waals surface area contributed by atoms with Crippen molar-refractivity contribution in [1.29, 1.82) is 0 Å². The first kappa shape index (κ1) is 9.79. The summed E-state index contributed by atoms with van der Waals surface area (Å²) < 4.78 is 0. The van der Waals surface area contributed by atoms with E-state index in [1.807, 2.05) is 24.3 Å². The maximum Gasteiger partial charge on any atom is -0.0345 e. The van der Waals surface area contributed by atoms with E-state index < -0.39 is 0 Å². The highest BCUT2D eigenvalue weighted by Gasteiger charge is 1.78. The zero-order valence-corrected chi connectivity index (χ0v) is 7.89. The Kier molecular flexibility index (Phi) is 5.54. The van der Waals surface area contributed by atoms with E-state index in [1.165, 1.54) is 19.3 Å². The summed E-state index contributed by atoms with van der Waals surface area (Å²) in [5.41, 5.74) is 0. The van der Waals surface area contributed by atoms with E-state index in [-0.39, 0.29) is 0 Å². The van der Waals surface area contributed by atoms with Crippen LogP contribution in [0, 0.1) is 0 Å². The van der Waals surface area contributed by atoms with E-state index in [9.17, 15) is 0 Å². The van der Waals surface area contributed by atoms with Gasteiger partial charge in [-0.3, -0.25) is 0 Å². The lowest BCUT2D eigenvalue weighted by molar-refractivity contribution is 0.868. The minimum Gasteiger partial charge on any atom is -0.0845 e. The molecule has 0 heteroatoms. The standard InChI is InChI=1S/C13H16/c1-2-4-6-8-10-12-13-11-9-7-5-3-1/h1-10H,11-13H2/b2-1?,5-3+,6-4?,9-7+,10-8+. The molecule has 1 aliphatic carbocycles. The molecule has 68 valence electrons. The van der Waals surface area contributed by atoms with Crippen LogP contribution >= 0.6 is 0 Å². The Morgan fingerprint density at radius 2 is 0.846 bits per heavy atom. The Balaban J connectivity index is 2.51. The Morgan fingerprint density at radius 1 is 0.462 bits per heavy atom. The molecule has 0 amide bonds. The first-order valence-corrected chi connectivity index (χ1v) is 4.82. The first-order chi connectivity index (χ1) is 6.50. The summed E-state index contributed by atoms with van der Waals surface area (Å²) in [7, 11) is 0.